The van der Waals surface area contributed by atoms with Gasteiger partial charge < -0.3 is 10.6 Å². The minimum atomic E-state index is -0.247. The number of aromatic amines is 1. The second kappa shape index (κ2) is 4.41. The van der Waals surface area contributed by atoms with Crippen LogP contribution in [0, 0.1) is 6.92 Å². The number of anilines is 1. The van der Waals surface area contributed by atoms with Gasteiger partial charge in [0.25, 0.3) is 0 Å². The molecule has 3 N–H and O–H groups in total. The first kappa shape index (κ1) is 11.2. The highest BCUT2D eigenvalue weighted by Gasteiger charge is 2.14. The summed E-state index contributed by atoms with van der Waals surface area (Å²) in [5.41, 5.74) is 0.354. The molecular formula is C11H16N6O. The molecule has 0 atom stereocenters. The molecule has 3 heterocycles. The Morgan fingerprint density at radius 1 is 1.44 bits per heavy atom. The maximum atomic E-state index is 11.5. The minimum Gasteiger partial charge on any atom is -0.367 e. The van der Waals surface area contributed by atoms with E-state index in [1.54, 1.807) is 13.0 Å². The first-order valence-corrected chi connectivity index (χ1v) is 6.16. The zero-order valence-electron chi connectivity index (χ0n) is 10.2. The van der Waals surface area contributed by atoms with Crippen molar-refractivity contribution in [3.63, 3.8) is 0 Å². The van der Waals surface area contributed by atoms with Crippen LogP contribution in [0.2, 0.25) is 0 Å². The molecule has 0 unspecified atom stereocenters. The van der Waals surface area contributed by atoms with Crippen LogP contribution in [0.3, 0.4) is 0 Å². The summed E-state index contributed by atoms with van der Waals surface area (Å²) in [6.07, 6.45) is 2.17. The third-order valence-corrected chi connectivity index (χ3v) is 3.26. The van der Waals surface area contributed by atoms with Gasteiger partial charge in [-0.3, -0.25) is 0 Å². The van der Waals surface area contributed by atoms with E-state index >= 15 is 0 Å². The van der Waals surface area contributed by atoms with Gasteiger partial charge in [-0.2, -0.15) is 5.10 Å². The van der Waals surface area contributed by atoms with Crippen LogP contribution in [0.1, 0.15) is 18.7 Å². The quantitative estimate of drug-likeness (QED) is 0.690. The van der Waals surface area contributed by atoms with Crippen LogP contribution < -0.4 is 16.3 Å². The minimum absolute atomic E-state index is 0.247. The zero-order valence-corrected chi connectivity index (χ0v) is 10.2. The van der Waals surface area contributed by atoms with Gasteiger partial charge in [0.05, 0.1) is 0 Å². The van der Waals surface area contributed by atoms with Crippen molar-refractivity contribution in [2.75, 3.05) is 18.4 Å². The van der Waals surface area contributed by atoms with Crippen LogP contribution >= 0.6 is 0 Å². The molecule has 3 rings (SSSR count). The Morgan fingerprint density at radius 3 is 3.00 bits per heavy atom. The smallest absolute Gasteiger partial charge is 0.349 e. The number of nitrogens with one attached hydrogen (secondary N) is 3. The molecule has 1 fully saturated rings. The van der Waals surface area contributed by atoms with E-state index in [9.17, 15) is 4.79 Å². The van der Waals surface area contributed by atoms with E-state index in [4.69, 9.17) is 0 Å². The molecule has 2 aromatic heterocycles. The summed E-state index contributed by atoms with van der Waals surface area (Å²) in [7, 11) is 0. The standard InChI is InChI=1S/C11H16N6O/c1-7-13-9(14-8-2-4-12-5-3-8)6-10-15-16-11(18)17(7)10/h6,8,12,14H,2-5H2,1H3,(H,16,18). The molecule has 0 aromatic carbocycles. The van der Waals surface area contributed by atoms with Crippen molar-refractivity contribution in [3.8, 4) is 0 Å². The summed E-state index contributed by atoms with van der Waals surface area (Å²) >= 11 is 0. The highest BCUT2D eigenvalue weighted by Crippen LogP contribution is 2.13. The van der Waals surface area contributed by atoms with Crippen molar-refractivity contribution in [2.24, 2.45) is 0 Å². The Hall–Kier alpha value is -1.89. The number of hydrogen-bond donors (Lipinski definition) is 3. The van der Waals surface area contributed by atoms with E-state index in [0.717, 1.165) is 31.7 Å². The van der Waals surface area contributed by atoms with Gasteiger partial charge in [0.15, 0.2) is 5.65 Å². The highest BCUT2D eigenvalue weighted by molar-refractivity contribution is 5.50. The van der Waals surface area contributed by atoms with Crippen molar-refractivity contribution in [1.29, 1.82) is 0 Å². The zero-order chi connectivity index (χ0) is 12.5. The maximum Gasteiger partial charge on any atom is 0.349 e. The van der Waals surface area contributed by atoms with E-state index in [-0.39, 0.29) is 5.69 Å². The van der Waals surface area contributed by atoms with Gasteiger partial charge in [-0.05, 0) is 32.9 Å². The molecule has 0 aliphatic carbocycles. The van der Waals surface area contributed by atoms with E-state index in [0.29, 0.717) is 17.5 Å². The number of piperidine rings is 1. The molecule has 18 heavy (non-hydrogen) atoms. The lowest BCUT2D eigenvalue weighted by Crippen LogP contribution is -2.35. The van der Waals surface area contributed by atoms with Crippen LogP contribution in [0.5, 0.6) is 0 Å². The molecule has 0 saturated carbocycles. The van der Waals surface area contributed by atoms with Crippen LogP contribution in [-0.4, -0.2) is 38.7 Å². The Labute approximate surface area is 104 Å². The third-order valence-electron chi connectivity index (χ3n) is 3.26. The van der Waals surface area contributed by atoms with E-state index in [2.05, 4.69) is 25.8 Å². The monoisotopic (exact) mass is 248 g/mol. The van der Waals surface area contributed by atoms with Gasteiger partial charge in [-0.15, -0.1) is 0 Å². The average molecular weight is 248 g/mol. The molecule has 0 radical (unpaired) electrons. The Bertz CT molecular complexity index is 610. The number of hydrogen-bond acceptors (Lipinski definition) is 5. The summed E-state index contributed by atoms with van der Waals surface area (Å²) in [6, 6.07) is 2.23. The van der Waals surface area contributed by atoms with E-state index < -0.39 is 0 Å². The average Bonchev–Trinajstić information content (AvgIpc) is 2.72. The molecule has 0 spiro atoms. The number of nitrogens with zero attached hydrogens (tertiary/aromatic N) is 3. The predicted molar refractivity (Wildman–Crippen MR) is 67.9 cm³/mol. The number of aryl methyl sites for hydroxylation is 1. The second-order valence-electron chi connectivity index (χ2n) is 4.58. The molecule has 96 valence electrons. The third kappa shape index (κ3) is 1.97. The molecule has 1 saturated heterocycles. The molecule has 7 heteroatoms. The number of rotatable bonds is 2. The Morgan fingerprint density at radius 2 is 2.22 bits per heavy atom. The SMILES string of the molecule is Cc1nc(NC2CCNCC2)cc2n[nH]c(=O)n12. The fourth-order valence-corrected chi connectivity index (χ4v) is 2.35. The van der Waals surface area contributed by atoms with Gasteiger partial charge in [0.2, 0.25) is 0 Å². The lowest BCUT2D eigenvalue weighted by molar-refractivity contribution is 0.478. The highest BCUT2D eigenvalue weighted by atomic mass is 16.1. The first-order valence-electron chi connectivity index (χ1n) is 6.16. The molecule has 2 aromatic rings. The summed E-state index contributed by atoms with van der Waals surface area (Å²) in [5, 5.41) is 13.1. The number of H-pyrrole nitrogens is 1. The van der Waals surface area contributed by atoms with Crippen molar-refractivity contribution < 1.29 is 0 Å². The van der Waals surface area contributed by atoms with Crippen molar-refractivity contribution in [3.05, 3.63) is 22.4 Å². The van der Waals surface area contributed by atoms with E-state index in [1.807, 2.05) is 0 Å². The Balaban J connectivity index is 1.90. The van der Waals surface area contributed by atoms with Crippen LogP contribution in [0.25, 0.3) is 5.65 Å². The molecule has 0 bridgehead atoms. The van der Waals surface area contributed by atoms with E-state index in [1.165, 1.54) is 4.40 Å². The first-order chi connectivity index (χ1) is 8.74. The molecule has 7 nitrogen and oxygen atoms in total. The topological polar surface area (TPSA) is 87.1 Å². The Kier molecular flexibility index (Phi) is 2.75. The van der Waals surface area contributed by atoms with Gasteiger partial charge in [-0.25, -0.2) is 19.3 Å². The fraction of sp³-hybridized carbons (Fsp3) is 0.545. The molecule has 1 aliphatic heterocycles. The predicted octanol–water partition coefficient (Wildman–Crippen LogP) is -0.110. The summed E-state index contributed by atoms with van der Waals surface area (Å²) < 4.78 is 1.47. The number of aromatic nitrogens is 4. The molecule has 1 aliphatic rings. The van der Waals surface area contributed by atoms with Crippen LogP contribution in [0.4, 0.5) is 5.82 Å². The van der Waals surface area contributed by atoms with Crippen molar-refractivity contribution >= 4 is 11.5 Å². The van der Waals surface area contributed by atoms with Gasteiger partial charge >= 0.3 is 5.69 Å². The fourth-order valence-electron chi connectivity index (χ4n) is 2.35. The van der Waals surface area contributed by atoms with Crippen LogP contribution in [0.15, 0.2) is 10.9 Å². The van der Waals surface area contributed by atoms with Crippen molar-refractivity contribution in [2.45, 2.75) is 25.8 Å². The maximum absolute atomic E-state index is 11.5. The lowest BCUT2D eigenvalue weighted by atomic mass is 10.1. The van der Waals surface area contributed by atoms with Gasteiger partial charge in [-0.1, -0.05) is 0 Å². The van der Waals surface area contributed by atoms with Gasteiger partial charge in [0, 0.05) is 12.1 Å². The summed E-state index contributed by atoms with van der Waals surface area (Å²) in [5.74, 6) is 1.42. The van der Waals surface area contributed by atoms with Crippen molar-refractivity contribution in [1.82, 2.24) is 24.9 Å². The number of fused-ring (bicyclic) bond motifs is 1. The summed E-state index contributed by atoms with van der Waals surface area (Å²) in [6.45, 7) is 3.86. The largest absolute Gasteiger partial charge is 0.367 e. The summed E-state index contributed by atoms with van der Waals surface area (Å²) in [4.78, 5) is 15.9. The normalized spacial score (nSPS) is 17.2. The lowest BCUT2D eigenvalue weighted by Gasteiger charge is -2.24. The van der Waals surface area contributed by atoms with Crippen LogP contribution in [-0.2, 0) is 0 Å². The molecular weight excluding hydrogens is 232 g/mol. The van der Waals surface area contributed by atoms with Gasteiger partial charge in [0.1, 0.15) is 11.6 Å². The molecule has 0 amide bonds. The second-order valence-corrected chi connectivity index (χ2v) is 4.58.